The van der Waals surface area contributed by atoms with Crippen LogP contribution in [-0.2, 0) is 0 Å². The first-order valence-corrected chi connectivity index (χ1v) is 9.21. The number of anilines is 1. The number of hydrogen-bond acceptors (Lipinski definition) is 4. The van der Waals surface area contributed by atoms with E-state index in [0.717, 1.165) is 11.3 Å². The minimum atomic E-state index is -0.162. The summed E-state index contributed by atoms with van der Waals surface area (Å²) >= 11 is 7.81. The molecule has 5 nitrogen and oxygen atoms in total. The van der Waals surface area contributed by atoms with Crippen LogP contribution in [0.1, 0.15) is 10.9 Å². The highest BCUT2D eigenvalue weighted by Crippen LogP contribution is 2.39. The van der Waals surface area contributed by atoms with Crippen LogP contribution in [0.15, 0.2) is 42.5 Å². The van der Waals surface area contributed by atoms with Gasteiger partial charge in [0.1, 0.15) is 16.9 Å². The molecule has 2 amide bonds. The largest absolute Gasteiger partial charge is 0.497 e. The van der Waals surface area contributed by atoms with Gasteiger partial charge in [0.25, 0.3) is 0 Å². The van der Waals surface area contributed by atoms with Crippen LogP contribution in [-0.4, -0.2) is 37.4 Å². The van der Waals surface area contributed by atoms with Crippen molar-refractivity contribution >= 4 is 35.1 Å². The lowest BCUT2D eigenvalue weighted by atomic mass is 10.2. The molecule has 0 aliphatic carbocycles. The number of halogens is 1. The molecule has 2 aromatic rings. The number of nitrogens with zero attached hydrogens (tertiary/aromatic N) is 1. The van der Waals surface area contributed by atoms with E-state index in [0.29, 0.717) is 28.8 Å². The van der Waals surface area contributed by atoms with Crippen molar-refractivity contribution in [2.75, 3.05) is 31.8 Å². The fourth-order valence-electron chi connectivity index (χ4n) is 2.69. The number of thioether (sulfide) groups is 1. The maximum absolute atomic E-state index is 12.8. The molecule has 1 aliphatic heterocycles. The van der Waals surface area contributed by atoms with Gasteiger partial charge in [0.05, 0.1) is 14.2 Å². The van der Waals surface area contributed by atoms with Crippen molar-refractivity contribution in [1.82, 2.24) is 4.90 Å². The molecule has 2 aromatic carbocycles. The number of carbonyl (C=O) groups excluding carboxylic acids is 1. The zero-order valence-electron chi connectivity index (χ0n) is 14.0. The Balaban J connectivity index is 1.78. The van der Waals surface area contributed by atoms with Crippen molar-refractivity contribution in [3.05, 3.63) is 53.1 Å². The van der Waals surface area contributed by atoms with E-state index < -0.39 is 0 Å². The molecule has 0 spiro atoms. The molecule has 1 aliphatic rings. The highest BCUT2D eigenvalue weighted by molar-refractivity contribution is 7.99. The smallest absolute Gasteiger partial charge is 0.323 e. The van der Waals surface area contributed by atoms with Gasteiger partial charge in [0.15, 0.2) is 0 Å². The van der Waals surface area contributed by atoms with Crippen LogP contribution in [0.5, 0.6) is 11.5 Å². The summed E-state index contributed by atoms with van der Waals surface area (Å²) in [6.45, 7) is 0.675. The Morgan fingerprint density at radius 3 is 2.56 bits per heavy atom. The molecule has 1 fully saturated rings. The Morgan fingerprint density at radius 2 is 1.92 bits per heavy atom. The average Bonchev–Trinajstić information content (AvgIpc) is 3.11. The summed E-state index contributed by atoms with van der Waals surface area (Å²) in [6.07, 6.45) is 0. The average molecular weight is 379 g/mol. The third-order valence-electron chi connectivity index (χ3n) is 3.89. The predicted molar refractivity (Wildman–Crippen MR) is 102 cm³/mol. The number of hydrogen-bond donors (Lipinski definition) is 1. The van der Waals surface area contributed by atoms with E-state index in [-0.39, 0.29) is 11.4 Å². The monoisotopic (exact) mass is 378 g/mol. The maximum Gasteiger partial charge on any atom is 0.323 e. The molecule has 25 heavy (non-hydrogen) atoms. The second kappa shape index (κ2) is 7.89. The molecule has 0 radical (unpaired) electrons. The summed E-state index contributed by atoms with van der Waals surface area (Å²) < 4.78 is 10.5. The molecule has 132 valence electrons. The molecule has 0 saturated carbocycles. The fourth-order valence-corrected chi connectivity index (χ4v) is 4.13. The molecule has 0 bridgehead atoms. The summed E-state index contributed by atoms with van der Waals surface area (Å²) in [5.74, 6) is 2.13. The van der Waals surface area contributed by atoms with E-state index in [1.54, 1.807) is 44.2 Å². The molecule has 3 rings (SSSR count). The topological polar surface area (TPSA) is 50.8 Å². The second-order valence-electron chi connectivity index (χ2n) is 5.50. The van der Waals surface area contributed by atoms with Gasteiger partial charge in [-0.15, -0.1) is 11.8 Å². The molecule has 1 N–H and O–H groups in total. The van der Waals surface area contributed by atoms with Gasteiger partial charge in [0, 0.05) is 41.2 Å². The Bertz CT molecular complexity index is 749. The second-order valence-corrected chi connectivity index (χ2v) is 7.13. The van der Waals surface area contributed by atoms with Crippen LogP contribution in [0.2, 0.25) is 5.02 Å². The van der Waals surface area contributed by atoms with E-state index >= 15 is 0 Å². The van der Waals surface area contributed by atoms with Crippen LogP contribution in [0.25, 0.3) is 0 Å². The van der Waals surface area contributed by atoms with Gasteiger partial charge < -0.3 is 19.7 Å². The zero-order chi connectivity index (χ0) is 17.8. The number of benzene rings is 2. The van der Waals surface area contributed by atoms with E-state index in [1.807, 2.05) is 29.2 Å². The molecule has 1 heterocycles. The number of urea groups is 1. The molecule has 1 atom stereocenters. The van der Waals surface area contributed by atoms with Crippen LogP contribution < -0.4 is 14.8 Å². The number of nitrogens with one attached hydrogen (secondary N) is 1. The first-order chi connectivity index (χ1) is 12.1. The van der Waals surface area contributed by atoms with Crippen molar-refractivity contribution in [2.45, 2.75) is 5.37 Å². The van der Waals surface area contributed by atoms with Crippen LogP contribution >= 0.6 is 23.4 Å². The van der Waals surface area contributed by atoms with Crippen molar-refractivity contribution in [3.8, 4) is 11.5 Å². The Morgan fingerprint density at radius 1 is 1.20 bits per heavy atom. The number of methoxy groups -OCH3 is 2. The number of amides is 2. The highest BCUT2D eigenvalue weighted by atomic mass is 35.5. The van der Waals surface area contributed by atoms with Gasteiger partial charge in [-0.25, -0.2) is 4.79 Å². The van der Waals surface area contributed by atoms with E-state index in [9.17, 15) is 4.79 Å². The predicted octanol–water partition coefficient (Wildman–Crippen LogP) is 4.64. The minimum Gasteiger partial charge on any atom is -0.497 e. The van der Waals surface area contributed by atoms with Crippen LogP contribution in [0.4, 0.5) is 10.5 Å². The molecule has 7 heteroatoms. The zero-order valence-corrected chi connectivity index (χ0v) is 15.6. The van der Waals surface area contributed by atoms with Gasteiger partial charge in [0.2, 0.25) is 0 Å². The highest BCUT2D eigenvalue weighted by Gasteiger charge is 2.31. The Kier molecular flexibility index (Phi) is 5.60. The van der Waals surface area contributed by atoms with E-state index in [2.05, 4.69) is 5.32 Å². The number of carbonyl (C=O) groups is 1. The van der Waals surface area contributed by atoms with Crippen molar-refractivity contribution in [1.29, 1.82) is 0 Å². The van der Waals surface area contributed by atoms with Crippen molar-refractivity contribution in [2.24, 2.45) is 0 Å². The SMILES string of the molecule is COc1cc(NC(=O)N2CCSC2c2cccc(Cl)c2)cc(OC)c1. The lowest BCUT2D eigenvalue weighted by Crippen LogP contribution is -2.34. The first kappa shape index (κ1) is 17.8. The minimum absolute atomic E-state index is 0.0498. The summed E-state index contributed by atoms with van der Waals surface area (Å²) in [6, 6.07) is 12.7. The lowest BCUT2D eigenvalue weighted by Gasteiger charge is -2.24. The lowest BCUT2D eigenvalue weighted by molar-refractivity contribution is 0.214. The Hall–Kier alpha value is -2.05. The summed E-state index contributed by atoms with van der Waals surface area (Å²) in [7, 11) is 3.15. The normalized spacial score (nSPS) is 16.6. The van der Waals surface area contributed by atoms with E-state index in [1.165, 1.54) is 0 Å². The quantitative estimate of drug-likeness (QED) is 0.842. The van der Waals surface area contributed by atoms with Gasteiger partial charge in [-0.2, -0.15) is 0 Å². The van der Waals surface area contributed by atoms with E-state index in [4.69, 9.17) is 21.1 Å². The molecule has 1 unspecified atom stereocenters. The third kappa shape index (κ3) is 4.14. The first-order valence-electron chi connectivity index (χ1n) is 7.78. The van der Waals surface area contributed by atoms with Crippen molar-refractivity contribution in [3.63, 3.8) is 0 Å². The summed E-state index contributed by atoms with van der Waals surface area (Å²) in [4.78, 5) is 14.6. The summed E-state index contributed by atoms with van der Waals surface area (Å²) in [5.41, 5.74) is 1.65. The number of ether oxygens (including phenoxy) is 2. The van der Waals surface area contributed by atoms with Crippen LogP contribution in [0.3, 0.4) is 0 Å². The third-order valence-corrected chi connectivity index (χ3v) is 5.38. The molecule has 0 aromatic heterocycles. The molecule has 1 saturated heterocycles. The number of rotatable bonds is 4. The van der Waals surface area contributed by atoms with Gasteiger partial charge in [-0.1, -0.05) is 23.7 Å². The van der Waals surface area contributed by atoms with Crippen molar-refractivity contribution < 1.29 is 14.3 Å². The van der Waals surface area contributed by atoms with Gasteiger partial charge in [-0.3, -0.25) is 0 Å². The molecular weight excluding hydrogens is 360 g/mol. The van der Waals surface area contributed by atoms with Gasteiger partial charge >= 0.3 is 6.03 Å². The maximum atomic E-state index is 12.8. The summed E-state index contributed by atoms with van der Waals surface area (Å²) in [5, 5.41) is 3.55. The van der Waals surface area contributed by atoms with Gasteiger partial charge in [-0.05, 0) is 17.7 Å². The standard InChI is InChI=1S/C18H19ClN2O3S/c1-23-15-9-14(10-16(11-15)24-2)20-18(22)21-6-7-25-17(21)12-4-3-5-13(19)8-12/h3-5,8-11,17H,6-7H2,1-2H3,(H,20,22). The fraction of sp³-hybridized carbons (Fsp3) is 0.278. The van der Waals surface area contributed by atoms with Crippen LogP contribution in [0, 0.1) is 0 Å². The Labute approximate surface area is 156 Å². The molecular formula is C18H19ClN2O3S.